The SMILES string of the molecule is CC(C)C1N(C)CCC1(N)CC(N)=O. The molecule has 0 aromatic carbocycles. The van der Waals surface area contributed by atoms with Crippen molar-refractivity contribution in [1.29, 1.82) is 0 Å². The van der Waals surface area contributed by atoms with E-state index in [9.17, 15) is 4.79 Å². The van der Waals surface area contributed by atoms with Crippen LogP contribution in [0.2, 0.25) is 0 Å². The van der Waals surface area contributed by atoms with E-state index in [4.69, 9.17) is 11.5 Å². The summed E-state index contributed by atoms with van der Waals surface area (Å²) in [6.45, 7) is 5.22. The van der Waals surface area contributed by atoms with Crippen LogP contribution in [-0.2, 0) is 4.79 Å². The number of primary amides is 1. The molecule has 4 N–H and O–H groups in total. The smallest absolute Gasteiger partial charge is 0.219 e. The van der Waals surface area contributed by atoms with Crippen LogP contribution in [0.3, 0.4) is 0 Å². The molecule has 4 heteroatoms. The molecule has 1 amide bonds. The normalized spacial score (nSPS) is 33.9. The Balaban J connectivity index is 2.81. The topological polar surface area (TPSA) is 72.3 Å². The number of carbonyl (C=O) groups excluding carboxylic acids is 1. The quantitative estimate of drug-likeness (QED) is 0.667. The molecule has 1 heterocycles. The lowest BCUT2D eigenvalue weighted by molar-refractivity contribution is -0.119. The van der Waals surface area contributed by atoms with Gasteiger partial charge in [0.2, 0.25) is 5.91 Å². The molecule has 4 nitrogen and oxygen atoms in total. The highest BCUT2D eigenvalue weighted by Crippen LogP contribution is 2.32. The lowest BCUT2D eigenvalue weighted by Gasteiger charge is -2.36. The Morgan fingerprint density at radius 3 is 2.64 bits per heavy atom. The summed E-state index contributed by atoms with van der Waals surface area (Å²) in [7, 11) is 2.06. The van der Waals surface area contributed by atoms with Crippen molar-refractivity contribution < 1.29 is 4.79 Å². The van der Waals surface area contributed by atoms with E-state index < -0.39 is 5.54 Å². The minimum Gasteiger partial charge on any atom is -0.370 e. The molecule has 0 aromatic heterocycles. The largest absolute Gasteiger partial charge is 0.370 e. The fourth-order valence-corrected chi connectivity index (χ4v) is 2.80. The monoisotopic (exact) mass is 199 g/mol. The number of likely N-dealkylation sites (N-methyl/N-ethyl adjacent to an activating group) is 1. The van der Waals surface area contributed by atoms with E-state index in [1.807, 2.05) is 0 Å². The zero-order chi connectivity index (χ0) is 10.9. The Kier molecular flexibility index (Phi) is 3.17. The van der Waals surface area contributed by atoms with Gasteiger partial charge in [0.1, 0.15) is 0 Å². The molecule has 0 bridgehead atoms. The van der Waals surface area contributed by atoms with Crippen molar-refractivity contribution in [3.05, 3.63) is 0 Å². The molecule has 1 aliphatic rings. The highest BCUT2D eigenvalue weighted by atomic mass is 16.1. The van der Waals surface area contributed by atoms with Gasteiger partial charge in [-0.1, -0.05) is 13.8 Å². The molecule has 0 aromatic rings. The lowest BCUT2D eigenvalue weighted by Crippen LogP contribution is -2.55. The Morgan fingerprint density at radius 1 is 1.64 bits per heavy atom. The number of hydrogen-bond donors (Lipinski definition) is 2. The third-order valence-electron chi connectivity index (χ3n) is 3.13. The summed E-state index contributed by atoms with van der Waals surface area (Å²) in [4.78, 5) is 13.2. The number of nitrogens with two attached hydrogens (primary N) is 2. The summed E-state index contributed by atoms with van der Waals surface area (Å²) in [5, 5.41) is 0. The first-order chi connectivity index (χ1) is 6.37. The van der Waals surface area contributed by atoms with Gasteiger partial charge in [-0.25, -0.2) is 0 Å². The summed E-state index contributed by atoms with van der Waals surface area (Å²) in [5.74, 6) is 0.153. The van der Waals surface area contributed by atoms with Crippen molar-refractivity contribution in [3.63, 3.8) is 0 Å². The molecule has 1 saturated heterocycles. The number of hydrogen-bond acceptors (Lipinski definition) is 3. The molecule has 2 atom stereocenters. The van der Waals surface area contributed by atoms with Crippen LogP contribution in [0.4, 0.5) is 0 Å². The van der Waals surface area contributed by atoms with Crippen LogP contribution in [-0.4, -0.2) is 36.0 Å². The summed E-state index contributed by atoms with van der Waals surface area (Å²) in [5.41, 5.74) is 11.1. The van der Waals surface area contributed by atoms with E-state index in [-0.39, 0.29) is 11.9 Å². The summed E-state index contributed by atoms with van der Waals surface area (Å²) < 4.78 is 0. The van der Waals surface area contributed by atoms with Gasteiger partial charge in [-0.2, -0.15) is 0 Å². The van der Waals surface area contributed by atoms with Crippen LogP contribution in [0.15, 0.2) is 0 Å². The lowest BCUT2D eigenvalue weighted by atomic mass is 9.82. The van der Waals surface area contributed by atoms with Crippen molar-refractivity contribution in [3.8, 4) is 0 Å². The molecule has 1 fully saturated rings. The van der Waals surface area contributed by atoms with E-state index >= 15 is 0 Å². The fourth-order valence-electron chi connectivity index (χ4n) is 2.80. The first kappa shape index (κ1) is 11.5. The van der Waals surface area contributed by atoms with Gasteiger partial charge in [-0.3, -0.25) is 4.79 Å². The van der Waals surface area contributed by atoms with E-state index in [1.54, 1.807) is 0 Å². The Bertz CT molecular complexity index is 229. The Hall–Kier alpha value is -0.610. The standard InChI is InChI=1S/C10H21N3O/c1-7(2)9-10(12,6-8(11)14)4-5-13(9)3/h7,9H,4-6,12H2,1-3H3,(H2,11,14). The second kappa shape index (κ2) is 3.87. The number of amides is 1. The number of carbonyl (C=O) groups is 1. The number of rotatable bonds is 3. The third kappa shape index (κ3) is 2.07. The summed E-state index contributed by atoms with van der Waals surface area (Å²) in [6, 6.07) is 0.259. The zero-order valence-electron chi connectivity index (χ0n) is 9.29. The van der Waals surface area contributed by atoms with Gasteiger partial charge in [0.05, 0.1) is 0 Å². The first-order valence-corrected chi connectivity index (χ1v) is 5.14. The predicted molar refractivity (Wildman–Crippen MR) is 56.6 cm³/mol. The maximum atomic E-state index is 11.0. The summed E-state index contributed by atoms with van der Waals surface area (Å²) in [6.07, 6.45) is 1.15. The van der Waals surface area contributed by atoms with Crippen molar-refractivity contribution >= 4 is 5.91 Å². The van der Waals surface area contributed by atoms with Gasteiger partial charge in [-0.15, -0.1) is 0 Å². The van der Waals surface area contributed by atoms with Crippen LogP contribution in [0.1, 0.15) is 26.7 Å². The second-order valence-corrected chi connectivity index (χ2v) is 4.80. The number of likely N-dealkylation sites (tertiary alicyclic amines) is 1. The average Bonchev–Trinajstić information content (AvgIpc) is 2.24. The summed E-state index contributed by atoms with van der Waals surface area (Å²) >= 11 is 0. The van der Waals surface area contributed by atoms with Crippen molar-refractivity contribution in [2.45, 2.75) is 38.3 Å². The highest BCUT2D eigenvalue weighted by molar-refractivity contribution is 5.75. The van der Waals surface area contributed by atoms with Gasteiger partial charge in [0.15, 0.2) is 0 Å². The van der Waals surface area contributed by atoms with Crippen molar-refractivity contribution in [2.75, 3.05) is 13.6 Å². The van der Waals surface area contributed by atoms with Crippen LogP contribution in [0, 0.1) is 5.92 Å². The van der Waals surface area contributed by atoms with Crippen molar-refractivity contribution in [1.82, 2.24) is 4.90 Å². The maximum Gasteiger partial charge on any atom is 0.219 e. The molecule has 0 radical (unpaired) electrons. The van der Waals surface area contributed by atoms with Crippen LogP contribution in [0.5, 0.6) is 0 Å². The molecule has 14 heavy (non-hydrogen) atoms. The van der Waals surface area contributed by atoms with Gasteiger partial charge in [0.25, 0.3) is 0 Å². The molecular formula is C10H21N3O. The maximum absolute atomic E-state index is 11.0. The molecule has 1 aliphatic heterocycles. The van der Waals surface area contributed by atoms with E-state index in [1.165, 1.54) is 0 Å². The van der Waals surface area contributed by atoms with Gasteiger partial charge >= 0.3 is 0 Å². The van der Waals surface area contributed by atoms with Crippen LogP contribution >= 0.6 is 0 Å². The zero-order valence-corrected chi connectivity index (χ0v) is 9.29. The molecule has 1 rings (SSSR count). The molecule has 0 spiro atoms. The van der Waals surface area contributed by atoms with E-state index in [2.05, 4.69) is 25.8 Å². The van der Waals surface area contributed by atoms with Gasteiger partial charge in [0, 0.05) is 24.5 Å². The van der Waals surface area contributed by atoms with Gasteiger partial charge < -0.3 is 16.4 Å². The third-order valence-corrected chi connectivity index (χ3v) is 3.13. The fraction of sp³-hybridized carbons (Fsp3) is 0.900. The molecule has 0 aliphatic carbocycles. The highest BCUT2D eigenvalue weighted by Gasteiger charge is 2.45. The van der Waals surface area contributed by atoms with E-state index in [0.717, 1.165) is 13.0 Å². The van der Waals surface area contributed by atoms with Crippen LogP contribution < -0.4 is 11.5 Å². The molecule has 2 unspecified atom stereocenters. The minimum atomic E-state index is -0.422. The van der Waals surface area contributed by atoms with Crippen molar-refractivity contribution in [2.24, 2.45) is 17.4 Å². The molecule has 82 valence electrons. The predicted octanol–water partition coefficient (Wildman–Crippen LogP) is -0.0806. The van der Waals surface area contributed by atoms with E-state index in [0.29, 0.717) is 12.3 Å². The minimum absolute atomic E-state index is 0.259. The van der Waals surface area contributed by atoms with Crippen LogP contribution in [0.25, 0.3) is 0 Å². The molecular weight excluding hydrogens is 178 g/mol. The number of nitrogens with zero attached hydrogens (tertiary/aromatic N) is 1. The first-order valence-electron chi connectivity index (χ1n) is 5.14. The molecule has 0 saturated carbocycles. The Labute approximate surface area is 85.6 Å². The second-order valence-electron chi connectivity index (χ2n) is 4.80. The Morgan fingerprint density at radius 2 is 2.21 bits per heavy atom. The van der Waals surface area contributed by atoms with Gasteiger partial charge in [-0.05, 0) is 19.4 Å². The average molecular weight is 199 g/mol.